The summed E-state index contributed by atoms with van der Waals surface area (Å²) in [5.41, 5.74) is 5.26. The van der Waals surface area contributed by atoms with E-state index in [0.717, 1.165) is 18.2 Å². The summed E-state index contributed by atoms with van der Waals surface area (Å²) in [5.74, 6) is 2.05. The first-order valence-corrected chi connectivity index (χ1v) is 4.99. The molecule has 8 heavy (non-hydrogen) atoms. The first-order valence-electron chi connectivity index (χ1n) is 2.51. The van der Waals surface area contributed by atoms with Gasteiger partial charge in [-0.05, 0) is 7.05 Å². The SMILES string of the molecule is CNCSSCCN. The Labute approximate surface area is 58.4 Å². The molecule has 0 aliphatic carbocycles. The molecule has 0 rings (SSSR count). The van der Waals surface area contributed by atoms with E-state index in [1.165, 1.54) is 0 Å². The lowest BCUT2D eigenvalue weighted by atomic mass is 10.8. The van der Waals surface area contributed by atoms with Gasteiger partial charge in [-0.2, -0.15) is 0 Å². The van der Waals surface area contributed by atoms with Crippen molar-refractivity contribution in [2.24, 2.45) is 5.73 Å². The second-order valence-electron chi connectivity index (χ2n) is 1.23. The van der Waals surface area contributed by atoms with Crippen LogP contribution in [0.3, 0.4) is 0 Å². The van der Waals surface area contributed by atoms with Gasteiger partial charge in [0, 0.05) is 12.3 Å². The molecule has 0 saturated heterocycles. The molecule has 0 aromatic heterocycles. The summed E-state index contributed by atoms with van der Waals surface area (Å²) in [6.07, 6.45) is 0. The highest BCUT2D eigenvalue weighted by Gasteiger charge is 1.83. The normalized spacial score (nSPS) is 9.75. The van der Waals surface area contributed by atoms with Crippen LogP contribution < -0.4 is 11.1 Å². The predicted octanol–water partition coefficient (Wildman–Crippen LogP) is 0.503. The van der Waals surface area contributed by atoms with Crippen molar-refractivity contribution in [2.75, 3.05) is 25.2 Å². The Morgan fingerprint density at radius 3 is 2.75 bits per heavy atom. The van der Waals surface area contributed by atoms with Crippen molar-refractivity contribution in [1.29, 1.82) is 0 Å². The zero-order valence-corrected chi connectivity index (χ0v) is 6.65. The Morgan fingerprint density at radius 1 is 1.50 bits per heavy atom. The largest absolute Gasteiger partial charge is 0.330 e. The fraction of sp³-hybridized carbons (Fsp3) is 1.00. The fourth-order valence-corrected chi connectivity index (χ4v) is 1.87. The summed E-state index contributed by atoms with van der Waals surface area (Å²) < 4.78 is 0. The Kier molecular flexibility index (Phi) is 8.21. The lowest BCUT2D eigenvalue weighted by Crippen LogP contribution is -2.03. The van der Waals surface area contributed by atoms with Crippen LogP contribution in [0.25, 0.3) is 0 Å². The van der Waals surface area contributed by atoms with Gasteiger partial charge in [-0.25, -0.2) is 0 Å². The molecule has 50 valence electrons. The molecule has 0 aliphatic rings. The Balaban J connectivity index is 2.53. The maximum Gasteiger partial charge on any atom is 0.0520 e. The van der Waals surface area contributed by atoms with Gasteiger partial charge in [0.15, 0.2) is 0 Å². The van der Waals surface area contributed by atoms with Crippen LogP contribution >= 0.6 is 21.6 Å². The van der Waals surface area contributed by atoms with Crippen molar-refractivity contribution in [1.82, 2.24) is 5.32 Å². The molecule has 0 saturated carbocycles. The minimum Gasteiger partial charge on any atom is -0.330 e. The van der Waals surface area contributed by atoms with Gasteiger partial charge >= 0.3 is 0 Å². The van der Waals surface area contributed by atoms with Crippen LogP contribution in [0.2, 0.25) is 0 Å². The monoisotopic (exact) mass is 152 g/mol. The molecule has 0 bridgehead atoms. The average Bonchev–Trinajstić information content (AvgIpc) is 1.81. The molecule has 2 nitrogen and oxygen atoms in total. The van der Waals surface area contributed by atoms with E-state index < -0.39 is 0 Å². The van der Waals surface area contributed by atoms with Crippen LogP contribution in [0, 0.1) is 0 Å². The van der Waals surface area contributed by atoms with E-state index in [1.807, 2.05) is 7.05 Å². The summed E-state index contributed by atoms with van der Waals surface area (Å²) in [6.45, 7) is 0.779. The molecule has 4 heteroatoms. The van der Waals surface area contributed by atoms with E-state index in [-0.39, 0.29) is 0 Å². The summed E-state index contributed by atoms with van der Waals surface area (Å²) in [5, 5.41) is 3.03. The van der Waals surface area contributed by atoms with Crippen LogP contribution in [0.1, 0.15) is 0 Å². The van der Waals surface area contributed by atoms with E-state index in [4.69, 9.17) is 5.73 Å². The van der Waals surface area contributed by atoms with Gasteiger partial charge in [-0.15, -0.1) is 0 Å². The van der Waals surface area contributed by atoms with Gasteiger partial charge in [0.1, 0.15) is 0 Å². The average molecular weight is 152 g/mol. The Hall–Kier alpha value is 0.620. The van der Waals surface area contributed by atoms with Crippen molar-refractivity contribution in [3.8, 4) is 0 Å². The van der Waals surface area contributed by atoms with Crippen LogP contribution in [0.15, 0.2) is 0 Å². The fourth-order valence-electron chi connectivity index (χ4n) is 0.208. The van der Waals surface area contributed by atoms with Crippen LogP contribution in [0.4, 0.5) is 0 Å². The van der Waals surface area contributed by atoms with E-state index in [2.05, 4.69) is 5.32 Å². The summed E-state index contributed by atoms with van der Waals surface area (Å²) in [7, 11) is 5.55. The lowest BCUT2D eigenvalue weighted by Gasteiger charge is -1.95. The zero-order valence-electron chi connectivity index (χ0n) is 5.02. The van der Waals surface area contributed by atoms with Crippen LogP contribution in [-0.4, -0.2) is 25.2 Å². The molecule has 3 N–H and O–H groups in total. The molecule has 0 spiro atoms. The summed E-state index contributed by atoms with van der Waals surface area (Å²) in [6, 6.07) is 0. The topological polar surface area (TPSA) is 38.0 Å². The minimum absolute atomic E-state index is 0.779. The van der Waals surface area contributed by atoms with Crippen molar-refractivity contribution in [2.45, 2.75) is 0 Å². The Bertz CT molecular complexity index is 37.0. The molecule has 0 radical (unpaired) electrons. The number of hydrogen-bond acceptors (Lipinski definition) is 4. The van der Waals surface area contributed by atoms with Gasteiger partial charge in [-0.3, -0.25) is 0 Å². The molecule has 0 aliphatic heterocycles. The van der Waals surface area contributed by atoms with Gasteiger partial charge in [0.25, 0.3) is 0 Å². The van der Waals surface area contributed by atoms with Crippen molar-refractivity contribution < 1.29 is 0 Å². The Morgan fingerprint density at radius 2 is 2.25 bits per heavy atom. The number of rotatable bonds is 5. The second-order valence-corrected chi connectivity index (χ2v) is 3.81. The third kappa shape index (κ3) is 6.62. The van der Waals surface area contributed by atoms with Gasteiger partial charge < -0.3 is 11.1 Å². The number of nitrogens with one attached hydrogen (secondary N) is 1. The molecule has 0 fully saturated rings. The summed E-state index contributed by atoms with van der Waals surface area (Å²) in [4.78, 5) is 0. The van der Waals surface area contributed by atoms with Crippen molar-refractivity contribution >= 4 is 21.6 Å². The van der Waals surface area contributed by atoms with Crippen LogP contribution in [0.5, 0.6) is 0 Å². The maximum atomic E-state index is 5.26. The highest BCUT2D eigenvalue weighted by Crippen LogP contribution is 2.17. The second kappa shape index (κ2) is 7.62. The molecule has 0 unspecified atom stereocenters. The van der Waals surface area contributed by atoms with Gasteiger partial charge in [0.05, 0.1) is 5.88 Å². The van der Waals surface area contributed by atoms with E-state index in [0.29, 0.717) is 0 Å². The van der Waals surface area contributed by atoms with E-state index in [1.54, 1.807) is 21.6 Å². The third-order valence-electron chi connectivity index (χ3n) is 0.488. The zero-order chi connectivity index (χ0) is 6.24. The van der Waals surface area contributed by atoms with Crippen molar-refractivity contribution in [3.05, 3.63) is 0 Å². The van der Waals surface area contributed by atoms with Gasteiger partial charge in [0.2, 0.25) is 0 Å². The number of nitrogens with two attached hydrogens (primary N) is 1. The van der Waals surface area contributed by atoms with Crippen LogP contribution in [-0.2, 0) is 0 Å². The maximum absolute atomic E-state index is 5.26. The minimum atomic E-state index is 0.779. The first kappa shape index (κ1) is 8.62. The van der Waals surface area contributed by atoms with E-state index in [9.17, 15) is 0 Å². The first-order chi connectivity index (χ1) is 3.91. The standard InChI is InChI=1S/C4H12N2S2/c1-6-4-8-7-3-2-5/h6H,2-5H2,1H3. The molecule has 0 aromatic rings. The highest BCUT2D eigenvalue weighted by atomic mass is 33.1. The molecule has 0 atom stereocenters. The smallest absolute Gasteiger partial charge is 0.0520 e. The van der Waals surface area contributed by atoms with Gasteiger partial charge in [-0.1, -0.05) is 21.6 Å². The molecular formula is C4H12N2S2. The molecule has 0 heterocycles. The highest BCUT2D eigenvalue weighted by molar-refractivity contribution is 8.76. The predicted molar refractivity (Wildman–Crippen MR) is 43.0 cm³/mol. The third-order valence-corrected chi connectivity index (χ3v) is 2.82. The quantitative estimate of drug-likeness (QED) is 0.342. The molecule has 0 aromatic carbocycles. The lowest BCUT2D eigenvalue weighted by molar-refractivity contribution is 0.987. The van der Waals surface area contributed by atoms with E-state index >= 15 is 0 Å². The van der Waals surface area contributed by atoms with Crippen molar-refractivity contribution in [3.63, 3.8) is 0 Å². The summed E-state index contributed by atoms with van der Waals surface area (Å²) >= 11 is 0. The number of hydrogen-bond donors (Lipinski definition) is 2. The molecule has 0 amide bonds. The molecular weight excluding hydrogens is 140 g/mol.